The Labute approximate surface area is 338 Å². The maximum atomic E-state index is 14.8. The van der Waals surface area contributed by atoms with Crippen LogP contribution in [0.4, 0.5) is 0 Å². The van der Waals surface area contributed by atoms with Crippen LogP contribution in [0.5, 0.6) is 11.5 Å². The number of nitrogens with zero attached hydrogens (tertiary/aromatic N) is 3. The van der Waals surface area contributed by atoms with Crippen LogP contribution in [0.2, 0.25) is 0 Å². The van der Waals surface area contributed by atoms with Crippen LogP contribution >= 0.6 is 0 Å². The highest BCUT2D eigenvalue weighted by Crippen LogP contribution is 2.47. The summed E-state index contributed by atoms with van der Waals surface area (Å²) in [7, 11) is -0.853. The third kappa shape index (κ3) is 8.00. The fourth-order valence-electron chi connectivity index (χ4n) is 9.55. The number of pyridine rings is 1. The second kappa shape index (κ2) is 16.1. The molecule has 0 unspecified atom stereocenters. The molecular weight excluding hydrogens is 767 g/mol. The third-order valence-corrected chi connectivity index (χ3v) is 14.9. The molecule has 2 saturated heterocycles. The lowest BCUT2D eigenvalue weighted by Crippen LogP contribution is -2.58. The maximum absolute atomic E-state index is 14.8. The Morgan fingerprint density at radius 1 is 0.948 bits per heavy atom. The first-order chi connectivity index (χ1) is 27.9. The lowest BCUT2D eigenvalue weighted by molar-refractivity contribution is -0.154. The molecule has 3 saturated carbocycles. The highest BCUT2D eigenvalue weighted by Gasteiger charge is 2.63. The molecule has 58 heavy (non-hydrogen) atoms. The number of nitrogens with one attached hydrogen (secondary N) is 2. The van der Waals surface area contributed by atoms with Crippen LogP contribution in [0.3, 0.4) is 0 Å². The van der Waals surface area contributed by atoms with E-state index >= 15 is 0 Å². The Kier molecular flexibility index (Phi) is 11.1. The summed E-state index contributed by atoms with van der Waals surface area (Å²) in [6.45, 7) is 0.518. The van der Waals surface area contributed by atoms with Gasteiger partial charge in [-0.25, -0.2) is 13.4 Å². The van der Waals surface area contributed by atoms with Gasteiger partial charge < -0.3 is 29.3 Å². The molecule has 0 bridgehead atoms. The molecule has 4 heterocycles. The van der Waals surface area contributed by atoms with E-state index in [-0.39, 0.29) is 62.0 Å². The average molecular weight is 820 g/mol. The van der Waals surface area contributed by atoms with Gasteiger partial charge in [0.1, 0.15) is 34.9 Å². The normalized spacial score (nSPS) is 29.7. The molecule has 4 amide bonds. The van der Waals surface area contributed by atoms with E-state index in [1.165, 1.54) is 7.11 Å². The number of carbonyl (C=O) groups excluding carboxylic acids is 5. The summed E-state index contributed by atoms with van der Waals surface area (Å²) in [5.74, 6) is -3.45. The molecule has 5 fully saturated rings. The number of hydrogen-bond acceptors (Lipinski definition) is 11. The fraction of sp³-hybridized carbons (Fsp3) is 0.619. The van der Waals surface area contributed by atoms with Crippen molar-refractivity contribution >= 4 is 50.5 Å². The van der Waals surface area contributed by atoms with Crippen LogP contribution in [-0.4, -0.2) is 110 Å². The monoisotopic (exact) mass is 819 g/mol. The summed E-state index contributed by atoms with van der Waals surface area (Å²) in [6.07, 6.45) is 11.8. The number of rotatable bonds is 9. The topological polar surface area (TPSA) is 191 Å². The molecule has 15 nitrogen and oxygen atoms in total. The summed E-state index contributed by atoms with van der Waals surface area (Å²) >= 11 is 0. The summed E-state index contributed by atoms with van der Waals surface area (Å²) in [4.78, 5) is 78.7. The molecule has 16 heteroatoms. The number of amides is 4. The Bertz CT molecular complexity index is 2120. The number of carbonyl (C=O) groups is 5. The number of likely N-dealkylation sites (tertiary alicyclic amines) is 1. The SMILES string of the molecule is COc1ccc2c(OC)cc(C(=O)N3C[C@H]4CN5C(=O)[C@H](CC(=O)OC6CCCC6)CCCCC/C=C\[C@@H]6C[C@@]6(C(=O)NS(=O)(=O)C6CC6)NC(=O)[C@@H]5[C@H]4C3)nc2c1. The number of sulfonamides is 1. The zero-order chi connectivity index (χ0) is 40.8. The van der Waals surface area contributed by atoms with Crippen molar-refractivity contribution in [2.75, 3.05) is 33.9 Å². The van der Waals surface area contributed by atoms with E-state index in [9.17, 15) is 32.4 Å². The van der Waals surface area contributed by atoms with Crippen molar-refractivity contribution in [3.8, 4) is 11.5 Å². The van der Waals surface area contributed by atoms with Crippen LogP contribution in [0.25, 0.3) is 10.9 Å². The van der Waals surface area contributed by atoms with Gasteiger partial charge in [-0.1, -0.05) is 25.0 Å². The molecule has 312 valence electrons. The lowest BCUT2D eigenvalue weighted by Gasteiger charge is -2.32. The fourth-order valence-corrected chi connectivity index (χ4v) is 10.9. The summed E-state index contributed by atoms with van der Waals surface area (Å²) in [5.41, 5.74) is -0.858. The number of methoxy groups -OCH3 is 2. The molecule has 8 rings (SSSR count). The smallest absolute Gasteiger partial charge is 0.306 e. The number of allylic oxidation sites excluding steroid dienone is 1. The lowest BCUT2D eigenvalue weighted by atomic mass is 9.92. The molecule has 3 aliphatic heterocycles. The summed E-state index contributed by atoms with van der Waals surface area (Å²) < 4.78 is 44.9. The molecule has 1 aromatic heterocycles. The second-order valence-electron chi connectivity index (χ2n) is 17.0. The number of hydrogen-bond donors (Lipinski definition) is 2. The van der Waals surface area contributed by atoms with Crippen molar-refractivity contribution in [1.82, 2.24) is 24.8 Å². The largest absolute Gasteiger partial charge is 0.497 e. The van der Waals surface area contributed by atoms with Crippen LogP contribution in [0.15, 0.2) is 36.4 Å². The quantitative estimate of drug-likeness (QED) is 0.278. The number of fused-ring (bicyclic) bond motifs is 5. The Hall–Kier alpha value is -4.73. The summed E-state index contributed by atoms with van der Waals surface area (Å²) in [6, 6.07) is 5.81. The first-order valence-corrected chi connectivity index (χ1v) is 22.3. The minimum absolute atomic E-state index is 0.103. The van der Waals surface area contributed by atoms with E-state index in [1.54, 1.807) is 35.1 Å². The predicted molar refractivity (Wildman–Crippen MR) is 211 cm³/mol. The van der Waals surface area contributed by atoms with Crippen LogP contribution < -0.4 is 19.5 Å². The van der Waals surface area contributed by atoms with E-state index in [0.717, 1.165) is 38.5 Å². The van der Waals surface area contributed by atoms with Gasteiger partial charge in [-0.3, -0.25) is 28.7 Å². The third-order valence-electron chi connectivity index (χ3n) is 13.0. The molecule has 6 atom stereocenters. The van der Waals surface area contributed by atoms with Gasteiger partial charge in [-0.05, 0) is 76.3 Å². The van der Waals surface area contributed by atoms with Crippen molar-refractivity contribution in [3.05, 3.63) is 42.1 Å². The highest BCUT2D eigenvalue weighted by molar-refractivity contribution is 7.91. The second-order valence-corrected chi connectivity index (χ2v) is 18.9. The van der Waals surface area contributed by atoms with E-state index in [1.807, 2.05) is 18.2 Å². The van der Waals surface area contributed by atoms with Gasteiger partial charge in [-0.15, -0.1) is 0 Å². The van der Waals surface area contributed by atoms with Gasteiger partial charge in [-0.2, -0.15) is 0 Å². The molecule has 3 aliphatic carbocycles. The number of aromatic nitrogens is 1. The molecule has 2 N–H and O–H groups in total. The van der Waals surface area contributed by atoms with Gasteiger partial charge in [0, 0.05) is 60.8 Å². The molecule has 0 radical (unpaired) electrons. The first kappa shape index (κ1) is 40.1. The zero-order valence-electron chi connectivity index (χ0n) is 33.2. The van der Waals surface area contributed by atoms with Gasteiger partial charge in [0.05, 0.1) is 31.4 Å². The van der Waals surface area contributed by atoms with E-state index in [0.29, 0.717) is 54.5 Å². The Morgan fingerprint density at radius 2 is 1.72 bits per heavy atom. The Balaban J connectivity index is 1.09. The van der Waals surface area contributed by atoms with Crippen molar-refractivity contribution in [2.45, 2.75) is 106 Å². The van der Waals surface area contributed by atoms with E-state index in [4.69, 9.17) is 14.2 Å². The van der Waals surface area contributed by atoms with Gasteiger partial charge >= 0.3 is 5.97 Å². The molecule has 1 aromatic carbocycles. The molecular formula is C42H53N5O10S. The van der Waals surface area contributed by atoms with Crippen LogP contribution in [0, 0.1) is 23.7 Å². The number of esters is 1. The molecule has 6 aliphatic rings. The molecule has 0 spiro atoms. The zero-order valence-corrected chi connectivity index (χ0v) is 34.0. The minimum atomic E-state index is -3.91. The van der Waals surface area contributed by atoms with E-state index in [2.05, 4.69) is 15.0 Å². The van der Waals surface area contributed by atoms with Crippen molar-refractivity contribution in [2.24, 2.45) is 23.7 Å². The van der Waals surface area contributed by atoms with Crippen LogP contribution in [0.1, 0.15) is 94.0 Å². The Morgan fingerprint density at radius 3 is 2.47 bits per heavy atom. The van der Waals surface area contributed by atoms with Gasteiger partial charge in [0.15, 0.2) is 0 Å². The number of benzene rings is 1. The van der Waals surface area contributed by atoms with Crippen LogP contribution in [-0.2, 0) is 33.9 Å². The predicted octanol–water partition coefficient (Wildman–Crippen LogP) is 3.65. The van der Waals surface area contributed by atoms with Gasteiger partial charge in [0.25, 0.3) is 11.8 Å². The van der Waals surface area contributed by atoms with E-state index < -0.39 is 62.4 Å². The number of ether oxygens (including phenoxy) is 3. The van der Waals surface area contributed by atoms with Crippen molar-refractivity contribution in [1.29, 1.82) is 0 Å². The molecule has 2 aromatic rings. The highest BCUT2D eigenvalue weighted by atomic mass is 32.2. The van der Waals surface area contributed by atoms with Crippen molar-refractivity contribution in [3.63, 3.8) is 0 Å². The average Bonchev–Trinajstić information content (AvgIpc) is 4.03. The maximum Gasteiger partial charge on any atom is 0.306 e. The van der Waals surface area contributed by atoms with Gasteiger partial charge in [0.2, 0.25) is 21.8 Å². The standard InChI is InChI=1S/C42H53N5O10S/c1-55-29-14-17-31-33(19-29)43-34(20-35(31)56-2)40(51)46-22-26-23-47-37(32(26)24-46)38(49)44-42(41(52)45-58(53,54)30-15-16-30)21-27(42)11-7-5-3-4-6-10-25(39(47)50)18-36(48)57-28-12-8-9-13-28/h7,11,14,17,19-20,25-28,30,32,37H,3-6,8-10,12-13,15-16,18,21-24H2,1-2H3,(H,44,49)(H,45,52)/b11-7-/t25-,26-,27+,32-,37-,42+/m0/s1. The first-order valence-electron chi connectivity index (χ1n) is 20.8. The minimum Gasteiger partial charge on any atom is -0.497 e. The van der Waals surface area contributed by atoms with Crippen molar-refractivity contribution < 1.29 is 46.6 Å². The summed E-state index contributed by atoms with van der Waals surface area (Å²) in [5, 5.41) is 3.02.